The molecule has 0 aromatic rings. The van der Waals surface area contributed by atoms with Crippen molar-refractivity contribution in [1.82, 2.24) is 10.6 Å². The number of amides is 1. The summed E-state index contributed by atoms with van der Waals surface area (Å²) >= 11 is 0. The van der Waals surface area contributed by atoms with Crippen molar-refractivity contribution in [3.63, 3.8) is 0 Å². The van der Waals surface area contributed by atoms with Gasteiger partial charge in [0.1, 0.15) is 0 Å². The lowest BCUT2D eigenvalue weighted by Crippen LogP contribution is -2.32. The van der Waals surface area contributed by atoms with Crippen LogP contribution in [0.4, 0.5) is 0 Å². The molecule has 0 aliphatic rings. The highest BCUT2D eigenvalue weighted by Crippen LogP contribution is 1.92. The summed E-state index contributed by atoms with van der Waals surface area (Å²) in [6, 6.07) is 0.0899. The van der Waals surface area contributed by atoms with Crippen molar-refractivity contribution >= 4 is 5.91 Å². The number of carbonyl (C=O) groups excluding carboxylic acids is 1. The first-order valence-electron chi connectivity index (χ1n) is 4.58. The Morgan fingerprint density at radius 1 is 1.62 bits per heavy atom. The topological polar surface area (TPSA) is 41.1 Å². The third kappa shape index (κ3) is 7.35. The number of rotatable bonds is 6. The van der Waals surface area contributed by atoms with Gasteiger partial charge in [0.15, 0.2) is 0 Å². The fourth-order valence-electron chi connectivity index (χ4n) is 1.00. The van der Waals surface area contributed by atoms with Gasteiger partial charge in [-0.05, 0) is 26.9 Å². The van der Waals surface area contributed by atoms with Crippen molar-refractivity contribution < 1.29 is 4.79 Å². The summed E-state index contributed by atoms with van der Waals surface area (Å²) in [7, 11) is 1.87. The van der Waals surface area contributed by atoms with Gasteiger partial charge in [0, 0.05) is 18.9 Å². The highest BCUT2D eigenvalue weighted by atomic mass is 16.1. The lowest BCUT2D eigenvalue weighted by atomic mass is 10.2. The number of hydrogen-bond donors (Lipinski definition) is 2. The van der Waals surface area contributed by atoms with E-state index in [-0.39, 0.29) is 11.9 Å². The van der Waals surface area contributed by atoms with Crippen LogP contribution in [0.2, 0.25) is 0 Å². The molecular formula is C10H18N2O. The van der Waals surface area contributed by atoms with Gasteiger partial charge in [0.05, 0.1) is 0 Å². The predicted octanol–water partition coefficient (Wildman–Crippen LogP) is 0.514. The average Bonchev–Trinajstić information content (AvgIpc) is 2.05. The van der Waals surface area contributed by atoms with E-state index in [1.807, 2.05) is 14.0 Å². The van der Waals surface area contributed by atoms with E-state index >= 15 is 0 Å². The van der Waals surface area contributed by atoms with Gasteiger partial charge in [0.2, 0.25) is 5.91 Å². The van der Waals surface area contributed by atoms with Gasteiger partial charge in [-0.2, -0.15) is 0 Å². The first-order valence-corrected chi connectivity index (χ1v) is 4.58. The van der Waals surface area contributed by atoms with Crippen LogP contribution in [0.25, 0.3) is 0 Å². The van der Waals surface area contributed by atoms with Gasteiger partial charge in [-0.3, -0.25) is 4.79 Å². The molecule has 0 radical (unpaired) electrons. The van der Waals surface area contributed by atoms with E-state index in [0.717, 1.165) is 13.0 Å². The number of terminal acetylenes is 1. The molecule has 1 atom stereocenters. The number of carbonyl (C=O) groups is 1. The largest absolute Gasteiger partial charge is 0.353 e. The second-order valence-electron chi connectivity index (χ2n) is 3.08. The highest BCUT2D eigenvalue weighted by molar-refractivity contribution is 5.76. The zero-order valence-electron chi connectivity index (χ0n) is 8.39. The molecule has 0 saturated heterocycles. The molecule has 1 amide bonds. The van der Waals surface area contributed by atoms with Gasteiger partial charge < -0.3 is 10.6 Å². The minimum absolute atomic E-state index is 0.0815. The summed E-state index contributed by atoms with van der Waals surface area (Å²) in [6.45, 7) is 2.78. The standard InChI is InChI=1S/C10H18N2O/c1-4-6-9(2)12-10(13)7-5-8-11-3/h1,9,11H,5-8H2,2-3H3,(H,12,13). The molecule has 0 aromatic heterocycles. The molecule has 3 nitrogen and oxygen atoms in total. The third-order valence-corrected chi connectivity index (χ3v) is 1.66. The Hall–Kier alpha value is -1.01. The van der Waals surface area contributed by atoms with E-state index in [2.05, 4.69) is 16.6 Å². The predicted molar refractivity (Wildman–Crippen MR) is 54.2 cm³/mol. The van der Waals surface area contributed by atoms with Crippen LogP contribution in [0.1, 0.15) is 26.2 Å². The van der Waals surface area contributed by atoms with E-state index in [4.69, 9.17) is 6.42 Å². The van der Waals surface area contributed by atoms with Crippen LogP contribution in [0.5, 0.6) is 0 Å². The van der Waals surface area contributed by atoms with Gasteiger partial charge >= 0.3 is 0 Å². The fraction of sp³-hybridized carbons (Fsp3) is 0.700. The zero-order valence-corrected chi connectivity index (χ0v) is 8.39. The summed E-state index contributed by atoms with van der Waals surface area (Å²) in [6.07, 6.45) is 7.14. The molecule has 13 heavy (non-hydrogen) atoms. The van der Waals surface area contributed by atoms with Crippen molar-refractivity contribution in [1.29, 1.82) is 0 Å². The van der Waals surface area contributed by atoms with Gasteiger partial charge in [-0.15, -0.1) is 12.3 Å². The Morgan fingerprint density at radius 2 is 2.31 bits per heavy atom. The summed E-state index contributed by atoms with van der Waals surface area (Å²) < 4.78 is 0. The lowest BCUT2D eigenvalue weighted by molar-refractivity contribution is -0.121. The third-order valence-electron chi connectivity index (χ3n) is 1.66. The molecular weight excluding hydrogens is 164 g/mol. The smallest absolute Gasteiger partial charge is 0.220 e. The van der Waals surface area contributed by atoms with Gasteiger partial charge in [-0.1, -0.05) is 0 Å². The van der Waals surface area contributed by atoms with Crippen LogP contribution < -0.4 is 10.6 Å². The summed E-state index contributed by atoms with van der Waals surface area (Å²) in [4.78, 5) is 11.2. The minimum atomic E-state index is 0.0815. The van der Waals surface area contributed by atoms with Crippen molar-refractivity contribution in [2.24, 2.45) is 0 Å². The molecule has 0 heterocycles. The molecule has 1 unspecified atom stereocenters. The van der Waals surface area contributed by atoms with Crippen LogP contribution in [-0.4, -0.2) is 25.5 Å². The molecule has 0 aliphatic carbocycles. The normalized spacial score (nSPS) is 11.8. The van der Waals surface area contributed by atoms with Gasteiger partial charge in [-0.25, -0.2) is 0 Å². The molecule has 0 rings (SSSR count). The maximum Gasteiger partial charge on any atom is 0.220 e. The summed E-state index contributed by atoms with van der Waals surface area (Å²) in [5.41, 5.74) is 0. The Balaban J connectivity index is 3.45. The van der Waals surface area contributed by atoms with E-state index in [9.17, 15) is 4.79 Å². The van der Waals surface area contributed by atoms with E-state index in [1.54, 1.807) is 0 Å². The fourth-order valence-corrected chi connectivity index (χ4v) is 1.00. The van der Waals surface area contributed by atoms with E-state index in [0.29, 0.717) is 12.8 Å². The molecule has 0 aliphatic heterocycles. The van der Waals surface area contributed by atoms with E-state index in [1.165, 1.54) is 0 Å². The second-order valence-corrected chi connectivity index (χ2v) is 3.08. The average molecular weight is 182 g/mol. The second kappa shape index (κ2) is 7.63. The molecule has 0 spiro atoms. The highest BCUT2D eigenvalue weighted by Gasteiger charge is 2.04. The minimum Gasteiger partial charge on any atom is -0.353 e. The maximum absolute atomic E-state index is 11.2. The number of nitrogens with one attached hydrogen (secondary N) is 2. The first kappa shape index (κ1) is 12.0. The zero-order chi connectivity index (χ0) is 10.1. The molecule has 0 aromatic carbocycles. The molecule has 74 valence electrons. The molecule has 0 bridgehead atoms. The summed E-state index contributed by atoms with van der Waals surface area (Å²) in [5, 5.41) is 5.82. The Bertz CT molecular complexity index is 184. The van der Waals surface area contributed by atoms with Crippen molar-refractivity contribution in [2.45, 2.75) is 32.2 Å². The molecule has 3 heteroatoms. The van der Waals surface area contributed by atoms with Crippen molar-refractivity contribution in [3.05, 3.63) is 0 Å². The monoisotopic (exact) mass is 182 g/mol. The SMILES string of the molecule is C#CCC(C)NC(=O)CCCNC. The Kier molecular flexibility index (Phi) is 7.04. The van der Waals surface area contributed by atoms with Crippen molar-refractivity contribution in [2.75, 3.05) is 13.6 Å². The Morgan fingerprint density at radius 3 is 2.85 bits per heavy atom. The van der Waals surface area contributed by atoms with E-state index < -0.39 is 0 Å². The maximum atomic E-state index is 11.2. The number of hydrogen-bond acceptors (Lipinski definition) is 2. The van der Waals surface area contributed by atoms with Crippen LogP contribution in [0.15, 0.2) is 0 Å². The summed E-state index contributed by atoms with van der Waals surface area (Å²) in [5.74, 6) is 2.59. The first-order chi connectivity index (χ1) is 6.20. The van der Waals surface area contributed by atoms with Crippen LogP contribution >= 0.6 is 0 Å². The van der Waals surface area contributed by atoms with Gasteiger partial charge in [0.25, 0.3) is 0 Å². The lowest BCUT2D eigenvalue weighted by Gasteiger charge is -2.10. The molecule has 2 N–H and O–H groups in total. The van der Waals surface area contributed by atoms with Crippen LogP contribution in [0.3, 0.4) is 0 Å². The molecule has 0 fully saturated rings. The molecule has 0 saturated carbocycles. The van der Waals surface area contributed by atoms with Crippen LogP contribution in [-0.2, 0) is 4.79 Å². The van der Waals surface area contributed by atoms with Crippen LogP contribution in [0, 0.1) is 12.3 Å². The Labute approximate surface area is 80.3 Å². The quantitative estimate of drug-likeness (QED) is 0.464. The van der Waals surface area contributed by atoms with Crippen molar-refractivity contribution in [3.8, 4) is 12.3 Å².